The van der Waals surface area contributed by atoms with E-state index in [4.69, 9.17) is 4.42 Å². The van der Waals surface area contributed by atoms with Crippen LogP contribution in [0, 0.1) is 6.92 Å². The summed E-state index contributed by atoms with van der Waals surface area (Å²) in [6, 6.07) is 5.33. The lowest BCUT2D eigenvalue weighted by molar-refractivity contribution is 0.0595. The summed E-state index contributed by atoms with van der Waals surface area (Å²) in [5.41, 5.74) is 0.710. The largest absolute Gasteiger partial charge is 0.464 e. The van der Waals surface area contributed by atoms with Crippen molar-refractivity contribution in [3.63, 3.8) is 0 Å². The monoisotopic (exact) mass is 218 g/mol. The zero-order valence-electron chi connectivity index (χ0n) is 8.93. The second-order valence-corrected chi connectivity index (χ2v) is 3.12. The summed E-state index contributed by atoms with van der Waals surface area (Å²) in [5, 5.41) is 0. The summed E-state index contributed by atoms with van der Waals surface area (Å²) < 4.78 is 9.97. The Hall–Kier alpha value is -2.17. The van der Waals surface area contributed by atoms with Crippen LogP contribution in [-0.4, -0.2) is 23.0 Å². The van der Waals surface area contributed by atoms with Gasteiger partial charge in [0.05, 0.1) is 7.11 Å². The van der Waals surface area contributed by atoms with Gasteiger partial charge in [0.15, 0.2) is 17.3 Å². The Labute approximate surface area is 92.1 Å². The highest BCUT2D eigenvalue weighted by molar-refractivity contribution is 5.93. The molecular formula is C11H10N2O3. The van der Waals surface area contributed by atoms with E-state index in [2.05, 4.69) is 14.7 Å². The van der Waals surface area contributed by atoms with Gasteiger partial charge in [0, 0.05) is 13.1 Å². The van der Waals surface area contributed by atoms with Crippen LogP contribution >= 0.6 is 0 Å². The maximum absolute atomic E-state index is 11.4. The van der Waals surface area contributed by atoms with Crippen LogP contribution < -0.4 is 0 Å². The van der Waals surface area contributed by atoms with E-state index < -0.39 is 5.97 Å². The zero-order valence-corrected chi connectivity index (χ0v) is 8.93. The lowest BCUT2D eigenvalue weighted by Crippen LogP contribution is -2.03. The van der Waals surface area contributed by atoms with E-state index in [1.54, 1.807) is 31.3 Å². The third-order valence-corrected chi connectivity index (χ3v) is 2.01. The molecule has 0 aromatic carbocycles. The second-order valence-electron chi connectivity index (χ2n) is 3.12. The smallest absolute Gasteiger partial charge is 0.360 e. The van der Waals surface area contributed by atoms with Gasteiger partial charge in [-0.3, -0.25) is 4.98 Å². The fraction of sp³-hybridized carbons (Fsp3) is 0.182. The highest BCUT2D eigenvalue weighted by Crippen LogP contribution is 2.23. The predicted molar refractivity (Wildman–Crippen MR) is 55.8 cm³/mol. The number of pyridine rings is 1. The van der Waals surface area contributed by atoms with Gasteiger partial charge >= 0.3 is 5.97 Å². The summed E-state index contributed by atoms with van der Waals surface area (Å²) in [6.45, 7) is 1.67. The molecule has 2 aromatic heterocycles. The number of hydrogen-bond donors (Lipinski definition) is 0. The number of aromatic nitrogens is 2. The van der Waals surface area contributed by atoms with Crippen LogP contribution in [0.2, 0.25) is 0 Å². The van der Waals surface area contributed by atoms with Crippen LogP contribution in [0.1, 0.15) is 16.4 Å². The number of oxazole rings is 1. The van der Waals surface area contributed by atoms with Gasteiger partial charge < -0.3 is 9.15 Å². The summed E-state index contributed by atoms with van der Waals surface area (Å²) in [4.78, 5) is 19.5. The molecular weight excluding hydrogens is 208 g/mol. The third kappa shape index (κ3) is 1.79. The fourth-order valence-corrected chi connectivity index (χ4v) is 1.33. The number of hydrogen-bond acceptors (Lipinski definition) is 5. The van der Waals surface area contributed by atoms with Crippen molar-refractivity contribution in [1.29, 1.82) is 0 Å². The van der Waals surface area contributed by atoms with Crippen molar-refractivity contribution in [2.24, 2.45) is 0 Å². The Morgan fingerprint density at radius 3 is 2.88 bits per heavy atom. The fourth-order valence-electron chi connectivity index (χ4n) is 1.33. The zero-order chi connectivity index (χ0) is 11.5. The Morgan fingerprint density at radius 2 is 2.25 bits per heavy atom. The molecule has 0 aliphatic heterocycles. The topological polar surface area (TPSA) is 65.2 Å². The number of esters is 1. The van der Waals surface area contributed by atoms with E-state index in [0.717, 1.165) is 0 Å². The first-order valence-corrected chi connectivity index (χ1v) is 4.69. The molecule has 2 rings (SSSR count). The number of carbonyl (C=O) groups excluding carboxylic acids is 1. The average Bonchev–Trinajstić information content (AvgIpc) is 2.71. The van der Waals surface area contributed by atoms with Crippen molar-refractivity contribution < 1.29 is 13.9 Å². The van der Waals surface area contributed by atoms with E-state index in [1.165, 1.54) is 7.11 Å². The molecule has 0 aliphatic carbocycles. The molecule has 0 spiro atoms. The first kappa shape index (κ1) is 10.4. The number of carbonyl (C=O) groups is 1. The molecule has 82 valence electrons. The van der Waals surface area contributed by atoms with Crippen LogP contribution in [0.3, 0.4) is 0 Å². The summed E-state index contributed by atoms with van der Waals surface area (Å²) in [6.07, 6.45) is 1.62. The number of nitrogens with zero attached hydrogens (tertiary/aromatic N) is 2. The lowest BCUT2D eigenvalue weighted by Gasteiger charge is -1.97. The maximum Gasteiger partial charge on any atom is 0.360 e. The molecule has 0 saturated carbocycles. The molecule has 0 bridgehead atoms. The van der Waals surface area contributed by atoms with Crippen LogP contribution in [0.25, 0.3) is 11.5 Å². The molecule has 0 radical (unpaired) electrons. The van der Waals surface area contributed by atoms with Crippen molar-refractivity contribution in [3.8, 4) is 11.5 Å². The Bertz CT molecular complexity index is 505. The predicted octanol–water partition coefficient (Wildman–Crippen LogP) is 1.83. The van der Waals surface area contributed by atoms with Crippen LogP contribution in [0.5, 0.6) is 0 Å². The number of ether oxygens (including phenoxy) is 1. The van der Waals surface area contributed by atoms with Gasteiger partial charge in [-0.05, 0) is 12.1 Å². The van der Waals surface area contributed by atoms with E-state index in [1.807, 2.05) is 0 Å². The Balaban J connectivity index is 2.53. The molecule has 0 aliphatic rings. The molecule has 0 N–H and O–H groups in total. The van der Waals surface area contributed by atoms with Gasteiger partial charge in [-0.1, -0.05) is 6.07 Å². The highest BCUT2D eigenvalue weighted by Gasteiger charge is 2.21. The van der Waals surface area contributed by atoms with Crippen molar-refractivity contribution in [1.82, 2.24) is 9.97 Å². The summed E-state index contributed by atoms with van der Waals surface area (Å²) in [7, 11) is 1.30. The minimum atomic E-state index is -0.530. The number of aryl methyl sites for hydroxylation is 1. The van der Waals surface area contributed by atoms with Crippen molar-refractivity contribution >= 4 is 5.97 Å². The molecule has 0 fully saturated rings. The van der Waals surface area contributed by atoms with Gasteiger partial charge in [-0.2, -0.15) is 0 Å². The van der Waals surface area contributed by atoms with Crippen molar-refractivity contribution in [2.45, 2.75) is 6.92 Å². The molecule has 0 saturated heterocycles. The van der Waals surface area contributed by atoms with Gasteiger partial charge in [0.25, 0.3) is 0 Å². The van der Waals surface area contributed by atoms with Crippen LogP contribution in [-0.2, 0) is 4.74 Å². The standard InChI is InChI=1S/C11H10N2O3/c1-7-13-9(11(14)15-2)10(16-7)8-5-3-4-6-12-8/h3-6H,1-2H3. The normalized spacial score (nSPS) is 10.1. The van der Waals surface area contributed by atoms with Gasteiger partial charge in [0.2, 0.25) is 0 Å². The summed E-state index contributed by atoms with van der Waals surface area (Å²) in [5.74, 6) is 0.212. The highest BCUT2D eigenvalue weighted by atomic mass is 16.5. The third-order valence-electron chi connectivity index (χ3n) is 2.01. The van der Waals surface area contributed by atoms with E-state index >= 15 is 0 Å². The van der Waals surface area contributed by atoms with Gasteiger partial charge in [0.1, 0.15) is 5.69 Å². The molecule has 2 heterocycles. The Kier molecular flexibility index (Phi) is 2.68. The van der Waals surface area contributed by atoms with E-state index in [9.17, 15) is 4.79 Å². The van der Waals surface area contributed by atoms with Crippen molar-refractivity contribution in [2.75, 3.05) is 7.11 Å². The van der Waals surface area contributed by atoms with Crippen LogP contribution in [0.4, 0.5) is 0 Å². The first-order chi connectivity index (χ1) is 7.72. The molecule has 0 unspecified atom stereocenters. The molecule has 5 heteroatoms. The molecule has 16 heavy (non-hydrogen) atoms. The molecule has 5 nitrogen and oxygen atoms in total. The molecule has 0 amide bonds. The van der Waals surface area contributed by atoms with E-state index in [0.29, 0.717) is 17.3 Å². The maximum atomic E-state index is 11.4. The Morgan fingerprint density at radius 1 is 1.44 bits per heavy atom. The number of methoxy groups -OCH3 is 1. The quantitative estimate of drug-likeness (QED) is 0.719. The second kappa shape index (κ2) is 4.14. The van der Waals surface area contributed by atoms with Gasteiger partial charge in [-0.15, -0.1) is 0 Å². The molecule has 0 atom stereocenters. The van der Waals surface area contributed by atoms with Crippen molar-refractivity contribution in [3.05, 3.63) is 36.0 Å². The van der Waals surface area contributed by atoms with E-state index in [-0.39, 0.29) is 5.69 Å². The minimum absolute atomic E-state index is 0.152. The lowest BCUT2D eigenvalue weighted by atomic mass is 10.2. The summed E-state index contributed by atoms with van der Waals surface area (Å²) >= 11 is 0. The van der Waals surface area contributed by atoms with Gasteiger partial charge in [-0.25, -0.2) is 9.78 Å². The SMILES string of the molecule is COC(=O)c1nc(C)oc1-c1ccccn1. The first-order valence-electron chi connectivity index (χ1n) is 4.69. The average molecular weight is 218 g/mol. The number of rotatable bonds is 2. The van der Waals surface area contributed by atoms with Crippen LogP contribution in [0.15, 0.2) is 28.8 Å². The molecule has 2 aromatic rings. The minimum Gasteiger partial charge on any atom is -0.464 e.